The molecule has 1 aromatic carbocycles. The maximum Gasteiger partial charge on any atom is 0.138 e. The highest BCUT2D eigenvalue weighted by Gasteiger charge is 2.27. The predicted octanol–water partition coefficient (Wildman–Crippen LogP) is 1.90. The minimum absolute atomic E-state index is 0.00191. The zero-order valence-corrected chi connectivity index (χ0v) is 12.5. The number of aliphatic hydroxyl groups excluding tert-OH is 1. The van der Waals surface area contributed by atoms with Gasteiger partial charge in [0, 0.05) is 12.1 Å². The van der Waals surface area contributed by atoms with Crippen LogP contribution in [0.25, 0.3) is 5.69 Å². The minimum Gasteiger partial charge on any atom is -0.391 e. The van der Waals surface area contributed by atoms with Crippen molar-refractivity contribution < 1.29 is 9.84 Å². The summed E-state index contributed by atoms with van der Waals surface area (Å²) in [4.78, 5) is 2.28. The summed E-state index contributed by atoms with van der Waals surface area (Å²) >= 11 is 0. The second kappa shape index (κ2) is 5.87. The highest BCUT2D eigenvalue weighted by atomic mass is 16.5. The van der Waals surface area contributed by atoms with E-state index in [1.165, 1.54) is 0 Å². The lowest BCUT2D eigenvalue weighted by Crippen LogP contribution is -2.45. The quantitative estimate of drug-likeness (QED) is 0.937. The average Bonchev–Trinajstić information content (AvgIpc) is 2.85. The van der Waals surface area contributed by atoms with Crippen molar-refractivity contribution >= 4 is 5.82 Å². The molecule has 2 heterocycles. The molecule has 112 valence electrons. The maximum atomic E-state index is 9.77. The summed E-state index contributed by atoms with van der Waals surface area (Å²) in [5.41, 5.74) is 2.77. The largest absolute Gasteiger partial charge is 0.391 e. The molecule has 1 saturated heterocycles. The molecule has 5 heteroatoms. The van der Waals surface area contributed by atoms with Crippen molar-refractivity contribution in [2.45, 2.75) is 26.5 Å². The second-order valence-corrected chi connectivity index (χ2v) is 5.41. The number of rotatable bonds is 3. The van der Waals surface area contributed by atoms with Crippen LogP contribution < -0.4 is 4.90 Å². The Morgan fingerprint density at radius 1 is 1.33 bits per heavy atom. The molecule has 21 heavy (non-hydrogen) atoms. The number of aromatic nitrogens is 2. The predicted molar refractivity (Wildman–Crippen MR) is 81.9 cm³/mol. The summed E-state index contributed by atoms with van der Waals surface area (Å²) in [6.45, 7) is 6.29. The second-order valence-electron chi connectivity index (χ2n) is 5.41. The molecule has 1 fully saturated rings. The Morgan fingerprint density at radius 3 is 2.76 bits per heavy atom. The molecule has 0 radical (unpaired) electrons. The van der Waals surface area contributed by atoms with Gasteiger partial charge in [0.25, 0.3) is 0 Å². The van der Waals surface area contributed by atoms with Gasteiger partial charge in [-0.2, -0.15) is 5.10 Å². The molecule has 0 amide bonds. The maximum absolute atomic E-state index is 9.77. The number of morpholine rings is 1. The Bertz CT molecular complexity index is 609. The Hall–Kier alpha value is -1.85. The van der Waals surface area contributed by atoms with Gasteiger partial charge in [-0.05, 0) is 26.0 Å². The Morgan fingerprint density at radius 2 is 2.10 bits per heavy atom. The van der Waals surface area contributed by atoms with Crippen LogP contribution in [0.1, 0.15) is 18.2 Å². The van der Waals surface area contributed by atoms with Crippen LogP contribution in [-0.4, -0.2) is 40.7 Å². The lowest BCUT2D eigenvalue weighted by Gasteiger charge is -2.35. The van der Waals surface area contributed by atoms with Crippen LogP contribution in [0.4, 0.5) is 5.82 Å². The summed E-state index contributed by atoms with van der Waals surface area (Å²) < 4.78 is 7.46. The van der Waals surface area contributed by atoms with E-state index in [4.69, 9.17) is 4.74 Å². The Labute approximate surface area is 124 Å². The van der Waals surface area contributed by atoms with E-state index in [9.17, 15) is 5.11 Å². The number of aryl methyl sites for hydroxylation is 1. The summed E-state index contributed by atoms with van der Waals surface area (Å²) in [5, 5.41) is 14.4. The van der Waals surface area contributed by atoms with Gasteiger partial charge in [-0.3, -0.25) is 0 Å². The first-order chi connectivity index (χ1) is 10.2. The highest BCUT2D eigenvalue weighted by molar-refractivity contribution is 5.56. The molecular weight excluding hydrogens is 266 g/mol. The number of para-hydroxylation sites is 1. The number of ether oxygens (including phenoxy) is 1. The fraction of sp³-hybridized carbons (Fsp3) is 0.438. The molecule has 1 unspecified atom stereocenters. The van der Waals surface area contributed by atoms with Gasteiger partial charge < -0.3 is 14.7 Å². The molecule has 3 rings (SSSR count). The van der Waals surface area contributed by atoms with Gasteiger partial charge in [-0.25, -0.2) is 4.68 Å². The van der Waals surface area contributed by atoms with Crippen LogP contribution in [0.15, 0.2) is 30.3 Å². The van der Waals surface area contributed by atoms with Crippen molar-refractivity contribution in [3.05, 3.63) is 41.6 Å². The van der Waals surface area contributed by atoms with E-state index in [0.717, 1.165) is 29.3 Å². The van der Waals surface area contributed by atoms with Gasteiger partial charge in [0.05, 0.1) is 37.2 Å². The van der Waals surface area contributed by atoms with E-state index in [1.807, 2.05) is 41.9 Å². The van der Waals surface area contributed by atoms with Crippen LogP contribution in [0.3, 0.4) is 0 Å². The van der Waals surface area contributed by atoms with Crippen molar-refractivity contribution in [2.24, 2.45) is 0 Å². The molecule has 1 aliphatic heterocycles. The van der Waals surface area contributed by atoms with Gasteiger partial charge in [0.1, 0.15) is 5.82 Å². The first kappa shape index (κ1) is 14.1. The number of hydrogen-bond donors (Lipinski definition) is 1. The van der Waals surface area contributed by atoms with E-state index in [0.29, 0.717) is 13.2 Å². The monoisotopic (exact) mass is 287 g/mol. The van der Waals surface area contributed by atoms with E-state index in [-0.39, 0.29) is 12.6 Å². The van der Waals surface area contributed by atoms with Gasteiger partial charge in [-0.15, -0.1) is 0 Å². The summed E-state index contributed by atoms with van der Waals surface area (Å²) in [7, 11) is 0. The zero-order chi connectivity index (χ0) is 14.8. The lowest BCUT2D eigenvalue weighted by molar-refractivity contribution is 0.0980. The molecule has 2 aromatic rings. The van der Waals surface area contributed by atoms with E-state index >= 15 is 0 Å². The van der Waals surface area contributed by atoms with Gasteiger partial charge in [0.2, 0.25) is 0 Å². The summed E-state index contributed by atoms with van der Waals surface area (Å²) in [5.74, 6) is 0.983. The van der Waals surface area contributed by atoms with Crippen molar-refractivity contribution in [2.75, 3.05) is 24.7 Å². The molecule has 0 aliphatic carbocycles. The third-order valence-corrected chi connectivity index (χ3v) is 3.96. The molecule has 0 spiro atoms. The normalized spacial score (nSPS) is 19.0. The molecule has 1 N–H and O–H groups in total. The number of nitrogens with zero attached hydrogens (tertiary/aromatic N) is 3. The molecule has 0 saturated carbocycles. The first-order valence-corrected chi connectivity index (χ1v) is 7.31. The molecule has 5 nitrogen and oxygen atoms in total. The first-order valence-electron chi connectivity index (χ1n) is 7.31. The molecule has 1 atom stereocenters. The van der Waals surface area contributed by atoms with Crippen LogP contribution in [-0.2, 0) is 11.3 Å². The number of benzene rings is 1. The van der Waals surface area contributed by atoms with Crippen LogP contribution in [0.5, 0.6) is 0 Å². The number of aliphatic hydroxyl groups is 1. The van der Waals surface area contributed by atoms with E-state index < -0.39 is 0 Å². The third kappa shape index (κ3) is 2.54. The lowest BCUT2D eigenvalue weighted by atomic mass is 10.2. The fourth-order valence-electron chi connectivity index (χ4n) is 2.82. The molecule has 1 aliphatic rings. The highest BCUT2D eigenvalue weighted by Crippen LogP contribution is 2.29. The standard InChI is InChI=1S/C16H21N3O2/c1-12-11-21-9-8-18(12)16-15(10-20)13(2)17-19(16)14-6-4-3-5-7-14/h3-7,12,20H,8-11H2,1-2H3. The van der Waals surface area contributed by atoms with Crippen molar-refractivity contribution in [1.82, 2.24) is 9.78 Å². The van der Waals surface area contributed by atoms with E-state index in [1.54, 1.807) is 0 Å². The smallest absolute Gasteiger partial charge is 0.138 e. The molecular formula is C16H21N3O2. The topological polar surface area (TPSA) is 50.5 Å². The van der Waals surface area contributed by atoms with Crippen molar-refractivity contribution in [3.8, 4) is 5.69 Å². The number of hydrogen-bond acceptors (Lipinski definition) is 4. The zero-order valence-electron chi connectivity index (χ0n) is 12.5. The fourth-order valence-corrected chi connectivity index (χ4v) is 2.82. The van der Waals surface area contributed by atoms with Gasteiger partial charge in [-0.1, -0.05) is 18.2 Å². The van der Waals surface area contributed by atoms with Crippen LogP contribution >= 0.6 is 0 Å². The molecule has 0 bridgehead atoms. The minimum atomic E-state index is -0.00191. The number of anilines is 1. The van der Waals surface area contributed by atoms with Crippen LogP contribution in [0, 0.1) is 6.92 Å². The molecule has 1 aromatic heterocycles. The Kier molecular flexibility index (Phi) is 3.94. The summed E-state index contributed by atoms with van der Waals surface area (Å²) in [6, 6.07) is 10.3. The van der Waals surface area contributed by atoms with Crippen LogP contribution in [0.2, 0.25) is 0 Å². The van der Waals surface area contributed by atoms with E-state index in [2.05, 4.69) is 16.9 Å². The Balaban J connectivity index is 2.12. The third-order valence-electron chi connectivity index (χ3n) is 3.96. The SMILES string of the molecule is Cc1nn(-c2ccccc2)c(N2CCOCC2C)c1CO. The average molecular weight is 287 g/mol. The van der Waals surface area contributed by atoms with Gasteiger partial charge >= 0.3 is 0 Å². The van der Waals surface area contributed by atoms with Gasteiger partial charge in [0.15, 0.2) is 0 Å². The summed E-state index contributed by atoms with van der Waals surface area (Å²) in [6.07, 6.45) is 0. The van der Waals surface area contributed by atoms with Crippen molar-refractivity contribution in [1.29, 1.82) is 0 Å². The van der Waals surface area contributed by atoms with Crippen molar-refractivity contribution in [3.63, 3.8) is 0 Å².